The van der Waals surface area contributed by atoms with E-state index in [0.29, 0.717) is 36.3 Å². The number of hydrogen-bond acceptors (Lipinski definition) is 7. The lowest BCUT2D eigenvalue weighted by Gasteiger charge is -2.50. The van der Waals surface area contributed by atoms with E-state index in [1.54, 1.807) is 17.7 Å². The van der Waals surface area contributed by atoms with E-state index in [9.17, 15) is 19.2 Å². The molecule has 3 aromatic heterocycles. The van der Waals surface area contributed by atoms with Gasteiger partial charge in [-0.05, 0) is 105 Å². The van der Waals surface area contributed by atoms with Crippen LogP contribution in [0.15, 0.2) is 53.5 Å². The van der Waals surface area contributed by atoms with E-state index in [2.05, 4.69) is 37.9 Å². The number of carbonyl (C=O) groups excluding carboxylic acids is 3. The second-order valence-electron chi connectivity index (χ2n) is 17.0. The number of rotatable bonds is 13. The van der Waals surface area contributed by atoms with Gasteiger partial charge in [0.15, 0.2) is 0 Å². The van der Waals surface area contributed by atoms with Crippen molar-refractivity contribution in [3.63, 3.8) is 0 Å². The number of aromatic nitrogens is 4. The van der Waals surface area contributed by atoms with Gasteiger partial charge in [0.05, 0.1) is 33.4 Å². The van der Waals surface area contributed by atoms with Crippen molar-refractivity contribution in [2.75, 3.05) is 33.2 Å². The van der Waals surface area contributed by atoms with E-state index in [1.165, 1.54) is 4.57 Å². The lowest BCUT2D eigenvalue weighted by Crippen LogP contribution is -2.65. The van der Waals surface area contributed by atoms with Crippen LogP contribution in [0.1, 0.15) is 95.7 Å². The molecule has 2 saturated heterocycles. The summed E-state index contributed by atoms with van der Waals surface area (Å²) in [5, 5.41) is 8.98. The third-order valence-corrected chi connectivity index (χ3v) is 12.9. The number of likely N-dealkylation sites (tertiary alicyclic amines) is 1. The smallest absolute Gasteiger partial charge is 0.329 e. The number of amides is 3. The number of pyridine rings is 1. The second-order valence-corrected chi connectivity index (χ2v) is 17.0. The van der Waals surface area contributed by atoms with Gasteiger partial charge in [0.2, 0.25) is 11.8 Å². The van der Waals surface area contributed by atoms with Crippen LogP contribution in [-0.4, -0.2) is 75.0 Å². The topological polar surface area (TPSA) is 146 Å². The zero-order valence-electron chi connectivity index (χ0n) is 33.3. The van der Waals surface area contributed by atoms with E-state index in [0.717, 1.165) is 128 Å². The Kier molecular flexibility index (Phi) is 10.1. The van der Waals surface area contributed by atoms with Crippen LogP contribution in [0.5, 0.6) is 0 Å². The van der Waals surface area contributed by atoms with Crippen molar-refractivity contribution in [3.8, 4) is 22.5 Å². The summed E-state index contributed by atoms with van der Waals surface area (Å²) in [6, 6.07) is 12.7. The number of carbonyl (C=O) groups is 3. The molecule has 12 nitrogen and oxygen atoms in total. The molecule has 3 aliphatic heterocycles. The predicted octanol–water partition coefficient (Wildman–Crippen LogP) is 5.21. The second kappa shape index (κ2) is 15.4. The Bertz CT molecular complexity index is 2510. The van der Waals surface area contributed by atoms with Crippen LogP contribution in [0.4, 0.5) is 4.39 Å². The molecule has 58 heavy (non-hydrogen) atoms. The minimum Gasteiger partial charge on any atom is -0.357 e. The molecule has 3 amide bonds. The Morgan fingerprint density at radius 3 is 2.47 bits per heavy atom. The maximum Gasteiger partial charge on any atom is 0.329 e. The normalized spacial score (nSPS) is 18.5. The van der Waals surface area contributed by atoms with Crippen LogP contribution >= 0.6 is 0 Å². The summed E-state index contributed by atoms with van der Waals surface area (Å²) in [5.74, 6) is -1.01. The van der Waals surface area contributed by atoms with Crippen LogP contribution < -0.4 is 21.6 Å². The standard InChI is InChI=1S/C45H51FN8O4/c1-52-25-45(26-52)24-49-43(57)39-31-14-12-29-23-48-34(21-32(29)40(31)51-41(39)45)30-13-10-28(19-33(30)46)22-47-18-8-6-4-3-5-7-9-27-11-15-35-37(20-27)53(2)44(58)54(35)36-16-17-38(55)50-42(36)56/h10-11,13,15,19-21,23,36,47,51H,3-9,12,14,16-18,22,24-26H2,1-2H3,(H,49,57)(H,50,55,56). The zero-order valence-corrected chi connectivity index (χ0v) is 33.3. The summed E-state index contributed by atoms with van der Waals surface area (Å²) in [6.07, 6.45) is 11.6. The SMILES string of the molecule is CN1CC2(CNC(=O)c3c2[nH]c2c3CCc3cnc(-c4ccc(CNCCCCCCCCc5ccc6c(c5)n(C)c(=O)n6C5CCC(=O)NC5=O)cc4F)cc3-2)C1. The Hall–Kier alpha value is -5.40. The molecule has 5 aromatic rings. The third-order valence-electron chi connectivity index (χ3n) is 12.9. The van der Waals surface area contributed by atoms with E-state index >= 15 is 4.39 Å². The summed E-state index contributed by atoms with van der Waals surface area (Å²) < 4.78 is 18.7. The number of likely N-dealkylation sites (N-methyl/N-ethyl adjacent to an activating group) is 1. The number of imidazole rings is 1. The zero-order chi connectivity index (χ0) is 40.1. The van der Waals surface area contributed by atoms with Crippen molar-refractivity contribution in [3.05, 3.63) is 98.5 Å². The van der Waals surface area contributed by atoms with Gasteiger partial charge in [0.1, 0.15) is 11.9 Å². The van der Waals surface area contributed by atoms with Gasteiger partial charge in [-0.1, -0.05) is 37.8 Å². The highest BCUT2D eigenvalue weighted by Crippen LogP contribution is 2.45. The van der Waals surface area contributed by atoms with Crippen molar-refractivity contribution in [1.29, 1.82) is 0 Å². The van der Waals surface area contributed by atoms with E-state index < -0.39 is 11.9 Å². The van der Waals surface area contributed by atoms with E-state index in [-0.39, 0.29) is 35.2 Å². The fraction of sp³-hybridized carbons (Fsp3) is 0.444. The number of benzene rings is 2. The lowest BCUT2D eigenvalue weighted by atomic mass is 9.73. The number of hydrogen-bond donors (Lipinski definition) is 4. The predicted molar refractivity (Wildman–Crippen MR) is 220 cm³/mol. The molecule has 4 aliphatic rings. The minimum absolute atomic E-state index is 0.00105. The maximum absolute atomic E-state index is 15.6. The number of imide groups is 1. The van der Waals surface area contributed by atoms with Crippen molar-refractivity contribution < 1.29 is 18.8 Å². The quantitative estimate of drug-likeness (QED) is 0.0948. The molecule has 0 bridgehead atoms. The van der Waals surface area contributed by atoms with Gasteiger partial charge in [-0.25, -0.2) is 9.18 Å². The monoisotopic (exact) mass is 786 g/mol. The van der Waals surface area contributed by atoms with Crippen molar-refractivity contribution >= 4 is 28.8 Å². The van der Waals surface area contributed by atoms with Gasteiger partial charge < -0.3 is 20.5 Å². The largest absolute Gasteiger partial charge is 0.357 e. The van der Waals surface area contributed by atoms with Crippen LogP contribution in [-0.2, 0) is 47.9 Å². The molecule has 1 atom stereocenters. The highest BCUT2D eigenvalue weighted by molar-refractivity contribution is 6.02. The summed E-state index contributed by atoms with van der Waals surface area (Å²) in [5.41, 5.74) is 10.3. The van der Waals surface area contributed by atoms with Crippen molar-refractivity contribution in [1.82, 2.24) is 40.0 Å². The molecule has 9 rings (SSSR count). The number of nitrogens with zero attached hydrogens (tertiary/aromatic N) is 4. The third kappa shape index (κ3) is 6.87. The highest BCUT2D eigenvalue weighted by Gasteiger charge is 2.50. The van der Waals surface area contributed by atoms with Gasteiger partial charge in [0.25, 0.3) is 5.91 Å². The fourth-order valence-electron chi connectivity index (χ4n) is 9.86. The molecule has 0 radical (unpaired) electrons. The number of nitrogens with one attached hydrogen (secondary N) is 4. The van der Waals surface area contributed by atoms with Gasteiger partial charge in [-0.15, -0.1) is 0 Å². The fourth-order valence-corrected chi connectivity index (χ4v) is 9.86. The molecule has 0 saturated carbocycles. The number of unbranched alkanes of at least 4 members (excludes halogenated alkanes) is 5. The van der Waals surface area contributed by atoms with Crippen LogP contribution in [0.25, 0.3) is 33.5 Å². The Labute approximate surface area is 336 Å². The molecule has 302 valence electrons. The molecule has 4 N–H and O–H groups in total. The highest BCUT2D eigenvalue weighted by atomic mass is 19.1. The molecule has 2 fully saturated rings. The lowest BCUT2D eigenvalue weighted by molar-refractivity contribution is -0.135. The average molecular weight is 787 g/mol. The summed E-state index contributed by atoms with van der Waals surface area (Å²) in [6.45, 7) is 3.92. The number of fused-ring (bicyclic) bond motifs is 7. The Morgan fingerprint density at radius 1 is 0.879 bits per heavy atom. The molecular formula is C45H51FN8O4. The van der Waals surface area contributed by atoms with Crippen molar-refractivity contribution in [2.45, 2.75) is 88.6 Å². The average Bonchev–Trinajstić information content (AvgIpc) is 3.72. The molecule has 1 spiro atoms. The van der Waals surface area contributed by atoms with Gasteiger partial charge in [-0.3, -0.25) is 33.8 Å². The maximum atomic E-state index is 15.6. The number of piperidine rings is 1. The summed E-state index contributed by atoms with van der Waals surface area (Å²) >= 11 is 0. The molecular weight excluding hydrogens is 736 g/mol. The first-order valence-corrected chi connectivity index (χ1v) is 20.8. The number of halogens is 1. The summed E-state index contributed by atoms with van der Waals surface area (Å²) in [4.78, 5) is 60.9. The van der Waals surface area contributed by atoms with Crippen molar-refractivity contribution in [2.24, 2.45) is 7.05 Å². The molecule has 6 heterocycles. The van der Waals surface area contributed by atoms with Gasteiger partial charge in [0, 0.05) is 62.7 Å². The van der Waals surface area contributed by atoms with Crippen LogP contribution in [0, 0.1) is 5.82 Å². The van der Waals surface area contributed by atoms with Gasteiger partial charge >= 0.3 is 5.69 Å². The number of aromatic amines is 1. The number of H-pyrrole nitrogens is 1. The first-order valence-electron chi connectivity index (χ1n) is 20.8. The van der Waals surface area contributed by atoms with Gasteiger partial charge in [-0.2, -0.15) is 0 Å². The van der Waals surface area contributed by atoms with Crippen LogP contribution in [0.2, 0.25) is 0 Å². The van der Waals surface area contributed by atoms with E-state index in [1.807, 2.05) is 42.6 Å². The molecule has 13 heteroatoms. The Morgan fingerprint density at radius 2 is 1.67 bits per heavy atom. The summed E-state index contributed by atoms with van der Waals surface area (Å²) in [7, 11) is 3.83. The van der Waals surface area contributed by atoms with Crippen LogP contribution in [0.3, 0.4) is 0 Å². The number of aryl methyl sites for hydroxylation is 3. The Balaban J connectivity index is 0.727. The molecule has 1 aliphatic carbocycles. The van der Waals surface area contributed by atoms with E-state index in [4.69, 9.17) is 0 Å². The minimum atomic E-state index is -0.675. The first kappa shape index (κ1) is 38.1. The molecule has 1 unspecified atom stereocenters. The first-order chi connectivity index (χ1) is 28.1. The molecule has 2 aromatic carbocycles.